The van der Waals surface area contributed by atoms with Crippen LogP contribution in [-0.2, 0) is 27.7 Å². The lowest BCUT2D eigenvalue weighted by Crippen LogP contribution is -2.40. The summed E-state index contributed by atoms with van der Waals surface area (Å²) >= 11 is 0. The molecule has 0 saturated carbocycles. The van der Waals surface area contributed by atoms with E-state index in [-0.39, 0.29) is 11.5 Å². The third-order valence-corrected chi connectivity index (χ3v) is 7.24. The second-order valence-corrected chi connectivity index (χ2v) is 9.78. The fourth-order valence-corrected chi connectivity index (χ4v) is 4.96. The number of carbonyl (C=O) groups is 1. The second kappa shape index (κ2) is 11.1. The summed E-state index contributed by atoms with van der Waals surface area (Å²) in [7, 11) is -4.12. The van der Waals surface area contributed by atoms with Gasteiger partial charge in [-0.15, -0.1) is 0 Å². The highest BCUT2D eigenvalue weighted by Crippen LogP contribution is 2.26. The van der Waals surface area contributed by atoms with Crippen LogP contribution >= 0.6 is 0 Å². The first-order valence-electron chi connectivity index (χ1n) is 11.3. The van der Waals surface area contributed by atoms with Gasteiger partial charge in [0, 0.05) is 0 Å². The van der Waals surface area contributed by atoms with Crippen molar-refractivity contribution >= 4 is 21.6 Å². The van der Waals surface area contributed by atoms with E-state index < -0.39 is 15.9 Å². The Morgan fingerprint density at radius 2 is 1.58 bits per heavy atom. The molecule has 0 heterocycles. The van der Waals surface area contributed by atoms with Gasteiger partial charge < -0.3 is 4.74 Å². The zero-order chi connectivity index (χ0) is 23.8. The Bertz CT molecular complexity index is 1170. The van der Waals surface area contributed by atoms with E-state index in [1.165, 1.54) is 12.1 Å². The first-order chi connectivity index (χ1) is 15.9. The molecule has 0 spiro atoms. The molecule has 3 aromatic carbocycles. The Hall–Kier alpha value is -3.12. The van der Waals surface area contributed by atoms with Crippen LogP contribution in [-0.4, -0.2) is 20.9 Å². The van der Waals surface area contributed by atoms with Crippen LogP contribution in [0.3, 0.4) is 0 Å². The number of hydrogen-bond donors (Lipinski definition) is 0. The summed E-state index contributed by atoms with van der Waals surface area (Å²) < 4.78 is 33.7. The predicted octanol–water partition coefficient (Wildman–Crippen LogP) is 5.70. The van der Waals surface area contributed by atoms with Gasteiger partial charge >= 0.3 is 0 Å². The third-order valence-electron chi connectivity index (χ3n) is 5.48. The number of amides is 1. The van der Waals surface area contributed by atoms with Crippen molar-refractivity contribution in [1.82, 2.24) is 0 Å². The van der Waals surface area contributed by atoms with Crippen LogP contribution in [0.1, 0.15) is 43.4 Å². The van der Waals surface area contributed by atoms with Crippen molar-refractivity contribution in [2.75, 3.05) is 10.9 Å². The van der Waals surface area contributed by atoms with Crippen LogP contribution in [0.25, 0.3) is 0 Å². The number of hydrogen-bond acceptors (Lipinski definition) is 4. The summed E-state index contributed by atoms with van der Waals surface area (Å²) in [5.74, 6) is -0.0706. The smallest absolute Gasteiger partial charge is 0.278 e. The van der Waals surface area contributed by atoms with E-state index >= 15 is 0 Å². The monoisotopic (exact) mass is 465 g/mol. The topological polar surface area (TPSA) is 63.7 Å². The SMILES string of the molecule is CCCCc1ccc(N(C(=O)COc2ccccc2CC)S(=O)(=O)c2ccc(C)cc2)cc1. The Kier molecular flexibility index (Phi) is 8.28. The molecule has 0 unspecified atom stereocenters. The molecule has 0 aliphatic carbocycles. The number of unbranched alkanes of at least 4 members (excludes halogenated alkanes) is 1. The van der Waals surface area contributed by atoms with Gasteiger partial charge in [-0.3, -0.25) is 4.79 Å². The molecule has 1 amide bonds. The van der Waals surface area contributed by atoms with Crippen LogP contribution in [0.2, 0.25) is 0 Å². The molecule has 0 bridgehead atoms. The van der Waals surface area contributed by atoms with Gasteiger partial charge in [-0.05, 0) is 67.6 Å². The first kappa shape index (κ1) is 24.5. The molecule has 0 N–H and O–H groups in total. The lowest BCUT2D eigenvalue weighted by molar-refractivity contribution is -0.119. The van der Waals surface area contributed by atoms with Crippen molar-refractivity contribution < 1.29 is 17.9 Å². The Labute approximate surface area is 197 Å². The predicted molar refractivity (Wildman–Crippen MR) is 132 cm³/mol. The standard InChI is InChI=1S/C27H31NO4S/c1-4-6-9-22-14-16-24(17-15-22)28(33(30,31)25-18-12-21(3)13-19-25)27(29)20-32-26-11-8-7-10-23(26)5-2/h7-8,10-19H,4-6,9,20H2,1-3H3. The number of carbonyl (C=O) groups excluding carboxylic acids is 1. The van der Waals surface area contributed by atoms with E-state index in [9.17, 15) is 13.2 Å². The maximum Gasteiger partial charge on any atom is 0.278 e. The van der Waals surface area contributed by atoms with Gasteiger partial charge in [-0.1, -0.05) is 68.3 Å². The molecule has 5 nitrogen and oxygen atoms in total. The molecule has 0 aliphatic heterocycles. The van der Waals surface area contributed by atoms with Crippen LogP contribution in [0, 0.1) is 6.92 Å². The van der Waals surface area contributed by atoms with Gasteiger partial charge in [0.2, 0.25) is 0 Å². The molecule has 0 aliphatic rings. The normalized spacial score (nSPS) is 11.2. The Balaban J connectivity index is 1.94. The summed E-state index contributed by atoms with van der Waals surface area (Å²) in [6.45, 7) is 5.62. The number of rotatable bonds is 10. The highest BCUT2D eigenvalue weighted by atomic mass is 32.2. The van der Waals surface area contributed by atoms with Crippen LogP contribution in [0.5, 0.6) is 5.75 Å². The van der Waals surface area contributed by atoms with Crippen LogP contribution in [0.15, 0.2) is 77.7 Å². The molecule has 3 aromatic rings. The molecule has 0 radical (unpaired) electrons. The number of anilines is 1. The molecule has 33 heavy (non-hydrogen) atoms. The molecule has 0 atom stereocenters. The number of benzene rings is 3. The lowest BCUT2D eigenvalue weighted by Gasteiger charge is -2.23. The van der Waals surface area contributed by atoms with Crippen molar-refractivity contribution in [1.29, 1.82) is 0 Å². The first-order valence-corrected chi connectivity index (χ1v) is 12.7. The quantitative estimate of drug-likeness (QED) is 0.385. The minimum Gasteiger partial charge on any atom is -0.483 e. The van der Waals surface area contributed by atoms with Crippen molar-refractivity contribution in [2.24, 2.45) is 0 Å². The summed E-state index contributed by atoms with van der Waals surface area (Å²) in [4.78, 5) is 13.3. The number of ether oxygens (including phenoxy) is 1. The fraction of sp³-hybridized carbons (Fsp3) is 0.296. The maximum absolute atomic E-state index is 13.5. The molecule has 0 fully saturated rings. The lowest BCUT2D eigenvalue weighted by atomic mass is 10.1. The third kappa shape index (κ3) is 6.02. The molecule has 0 aromatic heterocycles. The van der Waals surface area contributed by atoms with Crippen molar-refractivity contribution in [3.63, 3.8) is 0 Å². The number of sulfonamides is 1. The largest absolute Gasteiger partial charge is 0.483 e. The summed E-state index contributed by atoms with van der Waals surface area (Å²) in [5, 5.41) is 0. The average Bonchev–Trinajstić information content (AvgIpc) is 2.82. The number of nitrogens with zero attached hydrogens (tertiary/aromatic N) is 1. The summed E-state index contributed by atoms with van der Waals surface area (Å²) in [6.07, 6.45) is 3.78. The van der Waals surface area contributed by atoms with Crippen LogP contribution < -0.4 is 9.04 Å². The molecule has 0 saturated heterocycles. The van der Waals surface area contributed by atoms with Crippen molar-refractivity contribution in [3.05, 3.63) is 89.5 Å². The Morgan fingerprint density at radius 3 is 2.21 bits per heavy atom. The Morgan fingerprint density at radius 1 is 0.909 bits per heavy atom. The molecule has 3 rings (SSSR count). The minimum absolute atomic E-state index is 0.0606. The molecule has 174 valence electrons. The van der Waals surface area contributed by atoms with Gasteiger partial charge in [0.05, 0.1) is 10.6 Å². The summed E-state index contributed by atoms with van der Waals surface area (Å²) in [6, 6.07) is 21.1. The van der Waals surface area contributed by atoms with E-state index in [1.807, 2.05) is 44.2 Å². The van der Waals surface area contributed by atoms with E-state index in [0.717, 1.165) is 46.7 Å². The highest BCUT2D eigenvalue weighted by molar-refractivity contribution is 7.93. The van der Waals surface area contributed by atoms with Crippen molar-refractivity contribution in [3.8, 4) is 5.75 Å². The van der Waals surface area contributed by atoms with E-state index in [1.54, 1.807) is 30.3 Å². The van der Waals surface area contributed by atoms with E-state index in [4.69, 9.17) is 4.74 Å². The van der Waals surface area contributed by atoms with Gasteiger partial charge in [-0.2, -0.15) is 4.31 Å². The highest BCUT2D eigenvalue weighted by Gasteiger charge is 2.31. The summed E-state index contributed by atoms with van der Waals surface area (Å²) in [5.41, 5.74) is 3.30. The minimum atomic E-state index is -4.12. The second-order valence-electron chi connectivity index (χ2n) is 8.00. The van der Waals surface area contributed by atoms with Gasteiger partial charge in [-0.25, -0.2) is 8.42 Å². The fourth-order valence-electron chi connectivity index (χ4n) is 3.55. The van der Waals surface area contributed by atoms with Gasteiger partial charge in [0.25, 0.3) is 15.9 Å². The van der Waals surface area contributed by atoms with E-state index in [0.29, 0.717) is 11.4 Å². The maximum atomic E-state index is 13.5. The van der Waals surface area contributed by atoms with Gasteiger partial charge in [0.15, 0.2) is 6.61 Å². The van der Waals surface area contributed by atoms with Crippen molar-refractivity contribution in [2.45, 2.75) is 51.3 Å². The van der Waals surface area contributed by atoms with E-state index in [2.05, 4.69) is 6.92 Å². The molecule has 6 heteroatoms. The average molecular weight is 466 g/mol. The zero-order valence-electron chi connectivity index (χ0n) is 19.5. The zero-order valence-corrected chi connectivity index (χ0v) is 20.3. The van der Waals surface area contributed by atoms with Gasteiger partial charge in [0.1, 0.15) is 5.75 Å². The molecular weight excluding hydrogens is 434 g/mol. The van der Waals surface area contributed by atoms with Crippen LogP contribution in [0.4, 0.5) is 5.69 Å². The number of aryl methyl sites for hydroxylation is 3. The number of para-hydroxylation sites is 1. The molecular formula is C27H31NO4S.